The SMILES string of the molecule is COc1ccc(C=c2[nH]c(=O)c(=Cc3cccs3)n(C)c2=O)cc1. The molecule has 1 aromatic carbocycles. The lowest BCUT2D eigenvalue weighted by molar-refractivity contribution is 0.415. The molecule has 24 heavy (non-hydrogen) atoms. The zero-order valence-corrected chi connectivity index (χ0v) is 14.1. The molecule has 122 valence electrons. The predicted octanol–water partition coefficient (Wildman–Crippen LogP) is 0.801. The summed E-state index contributed by atoms with van der Waals surface area (Å²) < 4.78 is 6.48. The molecule has 0 fully saturated rings. The highest BCUT2D eigenvalue weighted by Gasteiger charge is 2.02. The molecule has 0 radical (unpaired) electrons. The van der Waals surface area contributed by atoms with Gasteiger partial charge in [0.1, 0.15) is 16.4 Å². The van der Waals surface area contributed by atoms with Crippen LogP contribution in [0.5, 0.6) is 5.75 Å². The standard InChI is InChI=1S/C18H16N2O3S/c1-20-16(11-14-4-3-9-24-14)17(21)19-15(18(20)22)10-12-5-7-13(23-2)8-6-12/h3-11H,1-2H3,(H,19,21). The predicted molar refractivity (Wildman–Crippen MR) is 96.0 cm³/mol. The Morgan fingerprint density at radius 3 is 2.50 bits per heavy atom. The van der Waals surface area contributed by atoms with Crippen LogP contribution < -0.4 is 26.6 Å². The highest BCUT2D eigenvalue weighted by Crippen LogP contribution is 2.11. The van der Waals surface area contributed by atoms with Crippen molar-refractivity contribution >= 4 is 23.5 Å². The van der Waals surface area contributed by atoms with Gasteiger partial charge in [0.2, 0.25) is 0 Å². The summed E-state index contributed by atoms with van der Waals surface area (Å²) in [6.07, 6.45) is 3.36. The molecule has 0 unspecified atom stereocenters. The normalized spacial score (nSPS) is 12.6. The smallest absolute Gasteiger partial charge is 0.274 e. The Bertz CT molecular complexity index is 1080. The third kappa shape index (κ3) is 3.23. The van der Waals surface area contributed by atoms with Crippen LogP contribution in [0.4, 0.5) is 0 Å². The van der Waals surface area contributed by atoms with Crippen molar-refractivity contribution < 1.29 is 4.74 Å². The van der Waals surface area contributed by atoms with Gasteiger partial charge >= 0.3 is 0 Å². The summed E-state index contributed by atoms with van der Waals surface area (Å²) in [5, 5.41) is 2.49. The minimum absolute atomic E-state index is 0.246. The number of methoxy groups -OCH3 is 1. The van der Waals surface area contributed by atoms with Crippen molar-refractivity contribution in [3.05, 3.63) is 83.6 Å². The number of aromatic amines is 1. The second-order valence-electron chi connectivity index (χ2n) is 5.19. The summed E-state index contributed by atoms with van der Waals surface area (Å²) in [5.41, 5.74) is 0.247. The van der Waals surface area contributed by atoms with Crippen molar-refractivity contribution in [3.63, 3.8) is 0 Å². The molecule has 0 saturated carbocycles. The Labute approximate surface area is 141 Å². The molecule has 0 bridgehead atoms. The Morgan fingerprint density at radius 2 is 1.88 bits per heavy atom. The molecular weight excluding hydrogens is 324 g/mol. The summed E-state index contributed by atoms with van der Waals surface area (Å²) in [7, 11) is 3.19. The van der Waals surface area contributed by atoms with Crippen LogP contribution in [-0.2, 0) is 7.05 Å². The van der Waals surface area contributed by atoms with Crippen LogP contribution in [0.25, 0.3) is 12.2 Å². The van der Waals surface area contributed by atoms with E-state index in [2.05, 4.69) is 4.98 Å². The van der Waals surface area contributed by atoms with Gasteiger partial charge in [0.05, 0.1) is 7.11 Å². The Balaban J connectivity index is 2.16. The van der Waals surface area contributed by atoms with Crippen molar-refractivity contribution in [2.75, 3.05) is 7.11 Å². The van der Waals surface area contributed by atoms with Gasteiger partial charge < -0.3 is 14.3 Å². The first-order chi connectivity index (χ1) is 11.6. The summed E-state index contributed by atoms with van der Waals surface area (Å²) >= 11 is 1.51. The summed E-state index contributed by atoms with van der Waals surface area (Å²) in [5.74, 6) is 0.731. The van der Waals surface area contributed by atoms with Crippen molar-refractivity contribution in [1.29, 1.82) is 0 Å². The number of benzene rings is 1. The number of aromatic nitrogens is 2. The van der Waals surface area contributed by atoms with Crippen LogP contribution in [0.2, 0.25) is 0 Å². The van der Waals surface area contributed by atoms with Gasteiger partial charge in [-0.2, -0.15) is 0 Å². The molecule has 2 aromatic heterocycles. The lowest BCUT2D eigenvalue weighted by Gasteiger charge is -2.01. The maximum atomic E-state index is 12.5. The van der Waals surface area contributed by atoms with Gasteiger partial charge in [0, 0.05) is 11.9 Å². The van der Waals surface area contributed by atoms with Gasteiger partial charge in [-0.1, -0.05) is 18.2 Å². The molecule has 0 aliphatic heterocycles. The van der Waals surface area contributed by atoms with E-state index < -0.39 is 0 Å². The highest BCUT2D eigenvalue weighted by atomic mass is 32.1. The van der Waals surface area contributed by atoms with E-state index in [-0.39, 0.29) is 16.5 Å². The number of thiophene rings is 1. The van der Waals surface area contributed by atoms with Crippen LogP contribution >= 0.6 is 11.3 Å². The number of hydrogen-bond donors (Lipinski definition) is 1. The Kier molecular flexibility index (Phi) is 4.48. The topological polar surface area (TPSA) is 64.1 Å². The van der Waals surface area contributed by atoms with E-state index in [4.69, 9.17) is 4.74 Å². The first-order valence-corrected chi connectivity index (χ1v) is 8.17. The maximum absolute atomic E-state index is 12.5. The van der Waals surface area contributed by atoms with E-state index in [1.165, 1.54) is 15.9 Å². The number of rotatable bonds is 3. The molecule has 5 nitrogen and oxygen atoms in total. The van der Waals surface area contributed by atoms with Crippen LogP contribution in [0, 0.1) is 0 Å². The average Bonchev–Trinajstić information content (AvgIpc) is 3.10. The summed E-state index contributed by atoms with van der Waals surface area (Å²) in [6.45, 7) is 0. The zero-order valence-electron chi connectivity index (χ0n) is 13.3. The second-order valence-corrected chi connectivity index (χ2v) is 6.17. The Morgan fingerprint density at radius 1 is 1.12 bits per heavy atom. The van der Waals surface area contributed by atoms with E-state index in [1.807, 2.05) is 29.6 Å². The molecule has 0 atom stereocenters. The lowest BCUT2D eigenvalue weighted by Crippen LogP contribution is -2.52. The van der Waals surface area contributed by atoms with Crippen molar-refractivity contribution in [2.24, 2.45) is 7.05 Å². The molecule has 3 aromatic rings. The van der Waals surface area contributed by atoms with E-state index in [1.54, 1.807) is 38.4 Å². The maximum Gasteiger partial charge on any atom is 0.274 e. The number of H-pyrrole nitrogens is 1. The van der Waals surface area contributed by atoms with Crippen molar-refractivity contribution in [1.82, 2.24) is 9.55 Å². The fourth-order valence-corrected chi connectivity index (χ4v) is 2.97. The summed E-state index contributed by atoms with van der Waals surface area (Å²) in [6, 6.07) is 11.0. The van der Waals surface area contributed by atoms with Gasteiger partial charge in [-0.15, -0.1) is 11.3 Å². The van der Waals surface area contributed by atoms with Gasteiger partial charge in [-0.25, -0.2) is 0 Å². The molecule has 6 heteroatoms. The third-order valence-corrected chi connectivity index (χ3v) is 4.45. The van der Waals surface area contributed by atoms with E-state index in [0.717, 1.165) is 16.2 Å². The van der Waals surface area contributed by atoms with E-state index >= 15 is 0 Å². The van der Waals surface area contributed by atoms with Crippen molar-refractivity contribution in [3.8, 4) is 5.75 Å². The van der Waals surface area contributed by atoms with E-state index in [9.17, 15) is 9.59 Å². The van der Waals surface area contributed by atoms with Crippen LogP contribution in [0.3, 0.4) is 0 Å². The Hall–Kier alpha value is -2.86. The average molecular weight is 340 g/mol. The molecular formula is C18H16N2O3S. The molecule has 0 aliphatic carbocycles. The molecule has 0 saturated heterocycles. The van der Waals surface area contributed by atoms with Gasteiger partial charge in [0.25, 0.3) is 11.1 Å². The molecule has 0 aliphatic rings. The second kappa shape index (κ2) is 6.72. The van der Waals surface area contributed by atoms with Crippen LogP contribution in [0.15, 0.2) is 51.4 Å². The quantitative estimate of drug-likeness (QED) is 0.767. The fourth-order valence-electron chi connectivity index (χ4n) is 2.32. The van der Waals surface area contributed by atoms with Gasteiger partial charge in [-0.05, 0) is 41.3 Å². The monoisotopic (exact) mass is 340 g/mol. The highest BCUT2D eigenvalue weighted by molar-refractivity contribution is 7.10. The number of ether oxygens (including phenoxy) is 1. The lowest BCUT2D eigenvalue weighted by atomic mass is 10.2. The zero-order chi connectivity index (χ0) is 17.1. The number of nitrogens with one attached hydrogen (secondary N) is 1. The van der Waals surface area contributed by atoms with Crippen LogP contribution in [-0.4, -0.2) is 16.7 Å². The molecule has 0 spiro atoms. The summed E-state index contributed by atoms with van der Waals surface area (Å²) in [4.78, 5) is 28.5. The van der Waals surface area contributed by atoms with Crippen molar-refractivity contribution in [2.45, 2.75) is 0 Å². The largest absolute Gasteiger partial charge is 0.497 e. The number of hydrogen-bond acceptors (Lipinski definition) is 4. The van der Waals surface area contributed by atoms with E-state index in [0.29, 0.717) is 5.35 Å². The fraction of sp³-hybridized carbons (Fsp3) is 0.111. The minimum atomic E-state index is -0.301. The first-order valence-electron chi connectivity index (χ1n) is 7.29. The molecule has 3 rings (SSSR count). The molecule has 1 N–H and O–H groups in total. The number of nitrogens with zero attached hydrogens (tertiary/aromatic N) is 1. The van der Waals surface area contributed by atoms with Gasteiger partial charge in [0.15, 0.2) is 0 Å². The third-order valence-electron chi connectivity index (χ3n) is 3.63. The van der Waals surface area contributed by atoms with Gasteiger partial charge in [-0.3, -0.25) is 9.59 Å². The molecule has 0 amide bonds. The first kappa shape index (κ1) is 16.0. The van der Waals surface area contributed by atoms with Crippen LogP contribution in [0.1, 0.15) is 10.4 Å². The minimum Gasteiger partial charge on any atom is -0.497 e. The molecule has 2 heterocycles.